The second-order valence-electron chi connectivity index (χ2n) is 7.06. The van der Waals surface area contributed by atoms with Gasteiger partial charge in [0, 0.05) is 44.8 Å². The first-order valence-electron chi connectivity index (χ1n) is 9.68. The van der Waals surface area contributed by atoms with E-state index < -0.39 is 0 Å². The largest absolute Gasteiger partial charge is 0.356 e. The summed E-state index contributed by atoms with van der Waals surface area (Å²) in [6.07, 6.45) is 4.82. The average molecular weight is 347 g/mol. The van der Waals surface area contributed by atoms with Gasteiger partial charge in [-0.25, -0.2) is 4.98 Å². The van der Waals surface area contributed by atoms with Crippen LogP contribution in [0, 0.1) is 12.8 Å². The van der Waals surface area contributed by atoms with E-state index in [9.17, 15) is 4.79 Å². The van der Waals surface area contributed by atoms with Crippen LogP contribution in [-0.2, 0) is 4.79 Å². The Hall–Kier alpha value is -1.62. The Labute approximate surface area is 153 Å². The molecule has 1 amide bonds. The van der Waals surface area contributed by atoms with Crippen LogP contribution in [0.25, 0.3) is 0 Å². The van der Waals surface area contributed by atoms with E-state index in [2.05, 4.69) is 34.8 Å². The lowest BCUT2D eigenvalue weighted by Gasteiger charge is -2.35. The SMILES string of the molecule is CC.Cc1cccnc1N1CCC(C(=O)N(C)C2CCN(C)C2)CC1. The van der Waals surface area contributed by atoms with Crippen LogP contribution in [0.5, 0.6) is 0 Å². The standard InChI is InChI=1S/C18H28N4O.C2H6/c1-14-5-4-9-19-17(14)22-11-6-15(7-12-22)18(23)21(3)16-8-10-20(2)13-16;1-2/h4-5,9,15-16H,6-8,10-13H2,1-3H3;1-2H3. The van der Waals surface area contributed by atoms with Crippen LogP contribution < -0.4 is 4.90 Å². The first-order valence-corrected chi connectivity index (χ1v) is 9.68. The highest BCUT2D eigenvalue weighted by Crippen LogP contribution is 2.26. The second-order valence-corrected chi connectivity index (χ2v) is 7.06. The summed E-state index contributed by atoms with van der Waals surface area (Å²) in [5.41, 5.74) is 1.21. The van der Waals surface area contributed by atoms with Gasteiger partial charge in [-0.2, -0.15) is 0 Å². The van der Waals surface area contributed by atoms with Crippen LogP contribution in [0.3, 0.4) is 0 Å². The number of piperidine rings is 1. The molecule has 5 heteroatoms. The Bertz CT molecular complexity index is 554. The summed E-state index contributed by atoms with van der Waals surface area (Å²) >= 11 is 0. The van der Waals surface area contributed by atoms with E-state index in [1.165, 1.54) is 5.56 Å². The number of carbonyl (C=O) groups is 1. The van der Waals surface area contributed by atoms with Crippen molar-refractivity contribution in [1.29, 1.82) is 0 Å². The zero-order chi connectivity index (χ0) is 18.4. The molecule has 2 fully saturated rings. The first-order chi connectivity index (χ1) is 12.1. The van der Waals surface area contributed by atoms with Gasteiger partial charge in [-0.15, -0.1) is 0 Å². The molecule has 3 rings (SSSR count). The number of nitrogens with zero attached hydrogens (tertiary/aromatic N) is 4. The summed E-state index contributed by atoms with van der Waals surface area (Å²) in [5, 5.41) is 0. The third-order valence-corrected chi connectivity index (χ3v) is 5.39. The molecule has 25 heavy (non-hydrogen) atoms. The fourth-order valence-corrected chi connectivity index (χ4v) is 3.84. The quantitative estimate of drug-likeness (QED) is 0.844. The number of aromatic nitrogens is 1. The van der Waals surface area contributed by atoms with Crippen LogP contribution in [0.4, 0.5) is 5.82 Å². The molecule has 0 bridgehead atoms. The number of aryl methyl sites for hydroxylation is 1. The van der Waals surface area contributed by atoms with E-state index in [0.717, 1.165) is 51.3 Å². The smallest absolute Gasteiger partial charge is 0.225 e. The number of anilines is 1. The number of hydrogen-bond donors (Lipinski definition) is 0. The minimum atomic E-state index is 0.172. The van der Waals surface area contributed by atoms with Crippen LogP contribution >= 0.6 is 0 Å². The normalized spacial score (nSPS) is 21.6. The van der Waals surface area contributed by atoms with Gasteiger partial charge in [0.1, 0.15) is 5.82 Å². The molecule has 0 aromatic carbocycles. The van der Waals surface area contributed by atoms with Gasteiger partial charge in [0.2, 0.25) is 5.91 Å². The molecule has 0 aliphatic carbocycles. The van der Waals surface area contributed by atoms with E-state index in [1.54, 1.807) is 0 Å². The third-order valence-electron chi connectivity index (χ3n) is 5.39. The van der Waals surface area contributed by atoms with Crippen molar-refractivity contribution in [2.24, 2.45) is 5.92 Å². The molecular formula is C20H34N4O. The predicted octanol–water partition coefficient (Wildman–Crippen LogP) is 2.80. The Morgan fingerprint density at radius 2 is 1.88 bits per heavy atom. The predicted molar refractivity (Wildman–Crippen MR) is 104 cm³/mol. The van der Waals surface area contributed by atoms with Crippen LogP contribution in [0.2, 0.25) is 0 Å². The number of hydrogen-bond acceptors (Lipinski definition) is 4. The van der Waals surface area contributed by atoms with Gasteiger partial charge in [0.05, 0.1) is 0 Å². The van der Waals surface area contributed by atoms with Crippen molar-refractivity contribution in [3.63, 3.8) is 0 Å². The van der Waals surface area contributed by atoms with Gasteiger partial charge < -0.3 is 14.7 Å². The van der Waals surface area contributed by atoms with Crippen molar-refractivity contribution in [2.75, 3.05) is 45.2 Å². The fourth-order valence-electron chi connectivity index (χ4n) is 3.84. The van der Waals surface area contributed by atoms with Crippen LogP contribution in [-0.4, -0.2) is 67.0 Å². The van der Waals surface area contributed by atoms with E-state index in [4.69, 9.17) is 0 Å². The minimum absolute atomic E-state index is 0.172. The maximum atomic E-state index is 12.8. The lowest BCUT2D eigenvalue weighted by molar-refractivity contribution is -0.136. The molecular weight excluding hydrogens is 312 g/mol. The topological polar surface area (TPSA) is 39.7 Å². The van der Waals surface area contributed by atoms with Crippen LogP contribution in [0.15, 0.2) is 18.3 Å². The summed E-state index contributed by atoms with van der Waals surface area (Å²) in [4.78, 5) is 23.9. The molecule has 140 valence electrons. The van der Waals surface area contributed by atoms with Gasteiger partial charge in [0.25, 0.3) is 0 Å². The van der Waals surface area contributed by atoms with Crippen molar-refractivity contribution >= 4 is 11.7 Å². The second kappa shape index (κ2) is 9.18. The molecule has 1 aromatic rings. The highest BCUT2D eigenvalue weighted by atomic mass is 16.2. The van der Waals surface area contributed by atoms with E-state index in [1.807, 2.05) is 38.1 Å². The zero-order valence-corrected chi connectivity index (χ0v) is 16.5. The van der Waals surface area contributed by atoms with Crippen molar-refractivity contribution in [2.45, 2.75) is 46.1 Å². The Morgan fingerprint density at radius 1 is 1.20 bits per heavy atom. The monoisotopic (exact) mass is 346 g/mol. The highest BCUT2D eigenvalue weighted by molar-refractivity contribution is 5.79. The number of likely N-dealkylation sites (N-methyl/N-ethyl adjacent to an activating group) is 2. The molecule has 1 aromatic heterocycles. The Balaban J connectivity index is 0.00000109. The summed E-state index contributed by atoms with van der Waals surface area (Å²) in [6.45, 7) is 10.1. The van der Waals surface area contributed by atoms with Crippen molar-refractivity contribution < 1.29 is 4.79 Å². The molecule has 1 atom stereocenters. The number of carbonyl (C=O) groups excluding carboxylic acids is 1. The lowest BCUT2D eigenvalue weighted by atomic mass is 9.94. The molecule has 0 radical (unpaired) electrons. The number of likely N-dealkylation sites (tertiary alicyclic amines) is 1. The maximum absolute atomic E-state index is 12.8. The number of pyridine rings is 1. The number of amides is 1. The van der Waals surface area contributed by atoms with Crippen molar-refractivity contribution in [3.05, 3.63) is 23.9 Å². The maximum Gasteiger partial charge on any atom is 0.225 e. The lowest BCUT2D eigenvalue weighted by Crippen LogP contribution is -2.45. The summed E-state index contributed by atoms with van der Waals surface area (Å²) in [5.74, 6) is 1.58. The summed E-state index contributed by atoms with van der Waals surface area (Å²) in [6, 6.07) is 4.47. The Morgan fingerprint density at radius 3 is 2.44 bits per heavy atom. The molecule has 2 saturated heterocycles. The van der Waals surface area contributed by atoms with Gasteiger partial charge in [-0.1, -0.05) is 19.9 Å². The molecule has 5 nitrogen and oxygen atoms in total. The van der Waals surface area contributed by atoms with Gasteiger partial charge >= 0.3 is 0 Å². The molecule has 0 N–H and O–H groups in total. The first kappa shape index (κ1) is 19.7. The zero-order valence-electron chi connectivity index (χ0n) is 16.5. The van der Waals surface area contributed by atoms with Crippen molar-refractivity contribution in [3.8, 4) is 0 Å². The van der Waals surface area contributed by atoms with Gasteiger partial charge in [0.15, 0.2) is 0 Å². The highest BCUT2D eigenvalue weighted by Gasteiger charge is 2.32. The minimum Gasteiger partial charge on any atom is -0.356 e. The summed E-state index contributed by atoms with van der Waals surface area (Å²) in [7, 11) is 4.12. The van der Waals surface area contributed by atoms with Crippen LogP contribution in [0.1, 0.15) is 38.7 Å². The van der Waals surface area contributed by atoms with E-state index >= 15 is 0 Å². The van der Waals surface area contributed by atoms with Gasteiger partial charge in [-0.05, 0) is 51.4 Å². The molecule has 2 aliphatic rings. The molecule has 0 saturated carbocycles. The van der Waals surface area contributed by atoms with E-state index in [-0.39, 0.29) is 5.92 Å². The van der Waals surface area contributed by atoms with Crippen molar-refractivity contribution in [1.82, 2.24) is 14.8 Å². The molecule has 1 unspecified atom stereocenters. The fraction of sp³-hybridized carbons (Fsp3) is 0.700. The molecule has 0 spiro atoms. The van der Waals surface area contributed by atoms with E-state index in [0.29, 0.717) is 11.9 Å². The molecule has 3 heterocycles. The van der Waals surface area contributed by atoms with Gasteiger partial charge in [-0.3, -0.25) is 4.79 Å². The number of rotatable bonds is 3. The Kier molecular flexibility index (Phi) is 7.24. The summed E-state index contributed by atoms with van der Waals surface area (Å²) < 4.78 is 0. The molecule has 2 aliphatic heterocycles. The average Bonchev–Trinajstić information content (AvgIpc) is 3.09. The third kappa shape index (κ3) is 4.72.